The van der Waals surface area contributed by atoms with E-state index in [1.807, 2.05) is 38.1 Å². The molecule has 0 amide bonds. The second kappa shape index (κ2) is 5.26. The molecule has 0 bridgehead atoms. The lowest BCUT2D eigenvalue weighted by Crippen LogP contribution is -2.04. The number of hydrogen-bond acceptors (Lipinski definition) is 3. The van der Waals surface area contributed by atoms with Gasteiger partial charge in [-0.3, -0.25) is 9.78 Å². The number of pyridine rings is 1. The van der Waals surface area contributed by atoms with Crippen LogP contribution in [0.4, 0.5) is 0 Å². The molecule has 4 nitrogen and oxygen atoms in total. The normalized spacial score (nSPS) is 10.9. The summed E-state index contributed by atoms with van der Waals surface area (Å²) < 4.78 is 5.18. The van der Waals surface area contributed by atoms with E-state index in [2.05, 4.69) is 4.98 Å². The van der Waals surface area contributed by atoms with Crippen LogP contribution in [0.5, 0.6) is 5.75 Å². The molecular weight excluding hydrogens is 242 g/mol. The molecule has 0 saturated heterocycles. The van der Waals surface area contributed by atoms with Crippen molar-refractivity contribution in [2.75, 3.05) is 7.11 Å². The van der Waals surface area contributed by atoms with Gasteiger partial charge in [-0.25, -0.2) is 0 Å². The molecule has 4 heteroatoms. The number of aromatic nitrogens is 1. The summed E-state index contributed by atoms with van der Waals surface area (Å²) in [7, 11) is 1.59. The Morgan fingerprint density at radius 2 is 2.11 bits per heavy atom. The van der Waals surface area contributed by atoms with Crippen LogP contribution in [-0.2, 0) is 11.2 Å². The minimum Gasteiger partial charge on any atom is -0.497 e. The Bertz CT molecular complexity index is 620. The van der Waals surface area contributed by atoms with Gasteiger partial charge in [-0.1, -0.05) is 13.8 Å². The molecule has 0 saturated carbocycles. The molecule has 2 rings (SSSR count). The van der Waals surface area contributed by atoms with Gasteiger partial charge in [-0.15, -0.1) is 0 Å². The predicted molar refractivity (Wildman–Crippen MR) is 73.7 cm³/mol. The topological polar surface area (TPSA) is 59.4 Å². The van der Waals surface area contributed by atoms with Crippen LogP contribution in [0.2, 0.25) is 0 Å². The van der Waals surface area contributed by atoms with Crippen LogP contribution >= 0.6 is 0 Å². The molecule has 0 fully saturated rings. The fourth-order valence-corrected chi connectivity index (χ4v) is 2.03. The fraction of sp³-hybridized carbons (Fsp3) is 0.333. The van der Waals surface area contributed by atoms with E-state index < -0.39 is 5.97 Å². The molecule has 19 heavy (non-hydrogen) atoms. The summed E-state index contributed by atoms with van der Waals surface area (Å²) in [6.45, 7) is 4.09. The number of rotatable bonds is 4. The van der Waals surface area contributed by atoms with Gasteiger partial charge in [0.25, 0.3) is 0 Å². The largest absolute Gasteiger partial charge is 0.497 e. The molecule has 1 aromatic carbocycles. The number of benzene rings is 1. The Labute approximate surface area is 112 Å². The smallest absolute Gasteiger partial charge is 0.307 e. The van der Waals surface area contributed by atoms with Crippen molar-refractivity contribution in [1.82, 2.24) is 4.98 Å². The number of carboxylic acids is 1. The first kappa shape index (κ1) is 13.3. The first-order valence-corrected chi connectivity index (χ1v) is 6.20. The SMILES string of the molecule is COc1ccc2nc(C(C)C)cc(CC(=O)O)c2c1. The highest BCUT2D eigenvalue weighted by Crippen LogP contribution is 2.26. The monoisotopic (exact) mass is 259 g/mol. The molecule has 1 heterocycles. The van der Waals surface area contributed by atoms with Crippen LogP contribution in [-0.4, -0.2) is 23.2 Å². The van der Waals surface area contributed by atoms with E-state index in [1.54, 1.807) is 7.11 Å². The highest BCUT2D eigenvalue weighted by molar-refractivity contribution is 5.87. The van der Waals surface area contributed by atoms with Crippen LogP contribution in [0.25, 0.3) is 10.9 Å². The maximum atomic E-state index is 11.0. The zero-order chi connectivity index (χ0) is 14.0. The Morgan fingerprint density at radius 1 is 1.37 bits per heavy atom. The highest BCUT2D eigenvalue weighted by atomic mass is 16.5. The number of methoxy groups -OCH3 is 1. The molecule has 0 unspecified atom stereocenters. The van der Waals surface area contributed by atoms with Crippen LogP contribution in [0, 0.1) is 0 Å². The minimum atomic E-state index is -0.843. The molecule has 0 aliphatic carbocycles. The molecule has 0 aliphatic rings. The lowest BCUT2D eigenvalue weighted by Gasteiger charge is -2.11. The van der Waals surface area contributed by atoms with E-state index in [1.165, 1.54) is 0 Å². The average molecular weight is 259 g/mol. The molecular formula is C15H17NO3. The maximum Gasteiger partial charge on any atom is 0.307 e. The lowest BCUT2D eigenvalue weighted by atomic mass is 10.0. The van der Waals surface area contributed by atoms with Crippen LogP contribution in [0.3, 0.4) is 0 Å². The zero-order valence-electron chi connectivity index (χ0n) is 11.3. The predicted octanol–water partition coefficient (Wildman–Crippen LogP) is 2.99. The van der Waals surface area contributed by atoms with Crippen molar-refractivity contribution in [1.29, 1.82) is 0 Å². The number of fused-ring (bicyclic) bond motifs is 1. The van der Waals surface area contributed by atoms with Gasteiger partial charge >= 0.3 is 5.97 Å². The van der Waals surface area contributed by atoms with E-state index >= 15 is 0 Å². The molecule has 100 valence electrons. The van der Waals surface area contributed by atoms with Crippen molar-refractivity contribution in [3.8, 4) is 5.75 Å². The molecule has 0 spiro atoms. The molecule has 2 aromatic rings. The Morgan fingerprint density at radius 3 is 2.68 bits per heavy atom. The Hall–Kier alpha value is -2.10. The van der Waals surface area contributed by atoms with Crippen LogP contribution < -0.4 is 4.74 Å². The summed E-state index contributed by atoms with van der Waals surface area (Å²) in [5.74, 6) is 0.127. The second-order valence-corrected chi connectivity index (χ2v) is 4.81. The van der Waals surface area contributed by atoms with Crippen molar-refractivity contribution in [2.45, 2.75) is 26.2 Å². The van der Waals surface area contributed by atoms with Crippen molar-refractivity contribution < 1.29 is 14.6 Å². The van der Waals surface area contributed by atoms with Crippen molar-refractivity contribution >= 4 is 16.9 Å². The van der Waals surface area contributed by atoms with Crippen LogP contribution in [0.15, 0.2) is 24.3 Å². The van der Waals surface area contributed by atoms with Crippen molar-refractivity contribution in [2.24, 2.45) is 0 Å². The molecule has 0 aliphatic heterocycles. The fourth-order valence-electron chi connectivity index (χ4n) is 2.03. The summed E-state index contributed by atoms with van der Waals surface area (Å²) in [6, 6.07) is 7.42. The number of hydrogen-bond donors (Lipinski definition) is 1. The standard InChI is InChI=1S/C15H17NO3/c1-9(2)14-6-10(7-15(17)18)12-8-11(19-3)4-5-13(12)16-14/h4-6,8-9H,7H2,1-3H3,(H,17,18). The Balaban J connectivity index is 2.67. The van der Waals surface area contributed by atoms with Gasteiger partial charge < -0.3 is 9.84 Å². The van der Waals surface area contributed by atoms with Gasteiger partial charge in [0.05, 0.1) is 19.0 Å². The van der Waals surface area contributed by atoms with Gasteiger partial charge in [0, 0.05) is 11.1 Å². The number of carboxylic acid groups (broad SMARTS) is 1. The van der Waals surface area contributed by atoms with Gasteiger partial charge in [0.15, 0.2) is 0 Å². The van der Waals surface area contributed by atoms with Gasteiger partial charge in [-0.05, 0) is 35.7 Å². The van der Waals surface area contributed by atoms with E-state index in [0.717, 1.165) is 22.2 Å². The van der Waals surface area contributed by atoms with Gasteiger partial charge in [0.1, 0.15) is 5.75 Å². The second-order valence-electron chi connectivity index (χ2n) is 4.81. The maximum absolute atomic E-state index is 11.0. The highest BCUT2D eigenvalue weighted by Gasteiger charge is 2.12. The van der Waals surface area contributed by atoms with Crippen molar-refractivity contribution in [3.63, 3.8) is 0 Å². The number of ether oxygens (including phenoxy) is 1. The Kier molecular flexibility index (Phi) is 3.69. The third kappa shape index (κ3) is 2.84. The van der Waals surface area contributed by atoms with E-state index in [-0.39, 0.29) is 12.3 Å². The van der Waals surface area contributed by atoms with Crippen LogP contribution in [0.1, 0.15) is 31.0 Å². The first-order valence-electron chi connectivity index (χ1n) is 6.20. The zero-order valence-corrected chi connectivity index (χ0v) is 11.3. The van der Waals surface area contributed by atoms with Gasteiger partial charge in [-0.2, -0.15) is 0 Å². The molecule has 0 radical (unpaired) electrons. The molecule has 1 aromatic heterocycles. The molecule has 0 atom stereocenters. The van der Waals surface area contributed by atoms with E-state index in [9.17, 15) is 4.79 Å². The van der Waals surface area contributed by atoms with Gasteiger partial charge in [0.2, 0.25) is 0 Å². The summed E-state index contributed by atoms with van der Waals surface area (Å²) in [6.07, 6.45) is -0.00803. The third-order valence-electron chi connectivity index (χ3n) is 3.05. The van der Waals surface area contributed by atoms with E-state index in [0.29, 0.717) is 5.75 Å². The third-order valence-corrected chi connectivity index (χ3v) is 3.05. The van der Waals surface area contributed by atoms with E-state index in [4.69, 9.17) is 9.84 Å². The van der Waals surface area contributed by atoms with Crippen molar-refractivity contribution in [3.05, 3.63) is 35.5 Å². The quantitative estimate of drug-likeness (QED) is 0.917. The minimum absolute atomic E-state index is 0.00803. The summed E-state index contributed by atoms with van der Waals surface area (Å²) in [4.78, 5) is 15.6. The first-order chi connectivity index (χ1) is 9.01. The lowest BCUT2D eigenvalue weighted by molar-refractivity contribution is -0.136. The number of nitrogens with zero attached hydrogens (tertiary/aromatic N) is 1. The summed E-state index contributed by atoms with van der Waals surface area (Å²) in [5.41, 5.74) is 2.50. The number of carbonyl (C=O) groups is 1. The summed E-state index contributed by atoms with van der Waals surface area (Å²) >= 11 is 0. The molecule has 1 N–H and O–H groups in total. The average Bonchev–Trinajstić information content (AvgIpc) is 2.37. The summed E-state index contributed by atoms with van der Waals surface area (Å²) in [5, 5.41) is 9.87. The number of aliphatic carboxylic acids is 1.